The fourth-order valence-electron chi connectivity index (χ4n) is 2.66. The maximum absolute atomic E-state index is 13.9. The van der Waals surface area contributed by atoms with Crippen molar-refractivity contribution in [3.05, 3.63) is 51.5 Å². The summed E-state index contributed by atoms with van der Waals surface area (Å²) in [5.41, 5.74) is 8.76. The van der Waals surface area contributed by atoms with Crippen LogP contribution in [0.1, 0.15) is 41.8 Å². The summed E-state index contributed by atoms with van der Waals surface area (Å²) in [4.78, 5) is 3.73. The minimum Gasteiger partial charge on any atom is -0.363 e. The maximum Gasteiger partial charge on any atom is 0.126 e. The molecule has 1 atom stereocenters. The maximum atomic E-state index is 13.9. The highest BCUT2D eigenvalue weighted by atomic mass is 32.1. The molecule has 0 radical (unpaired) electrons. The second-order valence-electron chi connectivity index (χ2n) is 5.89. The van der Waals surface area contributed by atoms with Crippen LogP contribution in [-0.4, -0.2) is 6.04 Å². The van der Waals surface area contributed by atoms with Gasteiger partial charge in [-0.2, -0.15) is 0 Å². The number of rotatable bonds is 5. The van der Waals surface area contributed by atoms with Crippen molar-refractivity contribution < 1.29 is 4.39 Å². The lowest BCUT2D eigenvalue weighted by atomic mass is 10.0. The van der Waals surface area contributed by atoms with Gasteiger partial charge in [-0.25, -0.2) is 4.39 Å². The minimum atomic E-state index is -0.169. The van der Waals surface area contributed by atoms with Gasteiger partial charge in [0.2, 0.25) is 0 Å². The number of hydrogen-bond donors (Lipinski definition) is 1. The Hall–Kier alpha value is -1.39. The third-order valence-electron chi connectivity index (χ3n) is 4.00. The van der Waals surface area contributed by atoms with Crippen LogP contribution in [-0.2, 0) is 6.54 Å². The summed E-state index contributed by atoms with van der Waals surface area (Å²) >= 11 is 1.77. The number of thiophene rings is 1. The molecule has 0 aliphatic heterocycles. The van der Waals surface area contributed by atoms with Crippen molar-refractivity contribution in [1.82, 2.24) is 0 Å². The van der Waals surface area contributed by atoms with E-state index in [9.17, 15) is 4.39 Å². The Bertz CT molecular complexity index is 618. The summed E-state index contributed by atoms with van der Waals surface area (Å²) < 4.78 is 13.9. The van der Waals surface area contributed by atoms with Gasteiger partial charge in [0.15, 0.2) is 0 Å². The monoisotopic (exact) mass is 304 g/mol. The molecule has 0 amide bonds. The summed E-state index contributed by atoms with van der Waals surface area (Å²) in [7, 11) is 0. The van der Waals surface area contributed by atoms with Crippen LogP contribution in [0.15, 0.2) is 29.6 Å². The Kier molecular flexibility index (Phi) is 4.00. The second kappa shape index (κ2) is 5.78. The number of halogens is 1. The molecule has 2 aromatic rings. The highest BCUT2D eigenvalue weighted by molar-refractivity contribution is 7.09. The topological polar surface area (TPSA) is 29.3 Å². The average Bonchev–Trinajstić information content (AvgIpc) is 3.15. The number of nitrogens with zero attached hydrogens (tertiary/aromatic N) is 1. The molecule has 1 aliphatic rings. The van der Waals surface area contributed by atoms with E-state index in [4.69, 9.17) is 5.73 Å². The van der Waals surface area contributed by atoms with Gasteiger partial charge in [-0.15, -0.1) is 11.3 Å². The predicted molar refractivity (Wildman–Crippen MR) is 87.3 cm³/mol. The lowest BCUT2D eigenvalue weighted by molar-refractivity contribution is 0.611. The molecule has 1 unspecified atom stereocenters. The second-order valence-corrected chi connectivity index (χ2v) is 6.92. The zero-order valence-corrected chi connectivity index (χ0v) is 13.3. The van der Waals surface area contributed by atoms with E-state index in [1.165, 1.54) is 17.7 Å². The lowest BCUT2D eigenvalue weighted by Crippen LogP contribution is -2.27. The standard InChI is InChI=1S/C17H21FN2S/c1-11-8-17(15(12(2)19)9-16(11)18)20(13-5-6-13)10-14-4-3-7-21-14/h3-4,7-9,12-13H,5-6,10,19H2,1-2H3. The van der Waals surface area contributed by atoms with E-state index in [-0.39, 0.29) is 11.9 Å². The molecule has 1 aromatic heterocycles. The van der Waals surface area contributed by atoms with Crippen LogP contribution in [0.5, 0.6) is 0 Å². The van der Waals surface area contributed by atoms with Crippen LogP contribution in [0.2, 0.25) is 0 Å². The van der Waals surface area contributed by atoms with Crippen molar-refractivity contribution in [3.63, 3.8) is 0 Å². The molecule has 2 N–H and O–H groups in total. The first-order valence-electron chi connectivity index (χ1n) is 7.41. The van der Waals surface area contributed by atoms with E-state index < -0.39 is 0 Å². The first kappa shape index (κ1) is 14.5. The molecule has 4 heteroatoms. The third-order valence-corrected chi connectivity index (χ3v) is 4.86. The predicted octanol–water partition coefficient (Wildman–Crippen LogP) is 4.38. The molecule has 2 nitrogen and oxygen atoms in total. The van der Waals surface area contributed by atoms with E-state index >= 15 is 0 Å². The molecule has 21 heavy (non-hydrogen) atoms. The Balaban J connectivity index is 2.00. The Morgan fingerprint density at radius 2 is 2.19 bits per heavy atom. The summed E-state index contributed by atoms with van der Waals surface area (Å²) in [6.45, 7) is 4.62. The van der Waals surface area contributed by atoms with Crippen molar-refractivity contribution in [2.75, 3.05) is 4.90 Å². The molecular formula is C17H21FN2S. The molecule has 0 saturated heterocycles. The molecule has 0 spiro atoms. The molecule has 0 bridgehead atoms. The molecule has 1 fully saturated rings. The van der Waals surface area contributed by atoms with Gasteiger partial charge in [-0.1, -0.05) is 6.07 Å². The molecule has 112 valence electrons. The van der Waals surface area contributed by atoms with Crippen LogP contribution in [0, 0.1) is 12.7 Å². The molecule has 1 aromatic carbocycles. The third kappa shape index (κ3) is 3.11. The normalized spacial score (nSPS) is 16.0. The van der Waals surface area contributed by atoms with E-state index in [0.717, 1.165) is 17.8 Å². The van der Waals surface area contributed by atoms with Gasteiger partial charge in [0, 0.05) is 22.6 Å². The highest BCUT2D eigenvalue weighted by Crippen LogP contribution is 2.38. The number of nitrogens with two attached hydrogens (primary N) is 1. The minimum absolute atomic E-state index is 0.167. The summed E-state index contributed by atoms with van der Waals surface area (Å²) in [6, 6.07) is 8.20. The van der Waals surface area contributed by atoms with Gasteiger partial charge in [-0.3, -0.25) is 0 Å². The average molecular weight is 304 g/mol. The fourth-order valence-corrected chi connectivity index (χ4v) is 3.37. The molecule has 3 rings (SSSR count). The Morgan fingerprint density at radius 3 is 2.76 bits per heavy atom. The Morgan fingerprint density at radius 1 is 1.43 bits per heavy atom. The molecule has 1 saturated carbocycles. The largest absolute Gasteiger partial charge is 0.363 e. The van der Waals surface area contributed by atoms with E-state index in [0.29, 0.717) is 11.6 Å². The zero-order valence-electron chi connectivity index (χ0n) is 12.5. The SMILES string of the molecule is Cc1cc(N(Cc2cccs2)C2CC2)c(C(C)N)cc1F. The Labute approximate surface area is 129 Å². The van der Waals surface area contributed by atoms with Crippen LogP contribution < -0.4 is 10.6 Å². The number of hydrogen-bond acceptors (Lipinski definition) is 3. The lowest BCUT2D eigenvalue weighted by Gasteiger charge is -2.28. The number of anilines is 1. The van der Waals surface area contributed by atoms with Crippen LogP contribution >= 0.6 is 11.3 Å². The van der Waals surface area contributed by atoms with Crippen molar-refractivity contribution in [2.45, 2.75) is 45.3 Å². The first-order valence-corrected chi connectivity index (χ1v) is 8.29. The summed E-state index contributed by atoms with van der Waals surface area (Å²) in [5, 5.41) is 2.10. The molecule has 1 aliphatic carbocycles. The summed E-state index contributed by atoms with van der Waals surface area (Å²) in [5.74, 6) is -0.169. The van der Waals surface area contributed by atoms with Crippen molar-refractivity contribution in [1.29, 1.82) is 0 Å². The smallest absolute Gasteiger partial charge is 0.126 e. The zero-order chi connectivity index (χ0) is 15.0. The van der Waals surface area contributed by atoms with Gasteiger partial charge in [-0.05, 0) is 61.4 Å². The quantitative estimate of drug-likeness (QED) is 0.888. The number of benzene rings is 1. The highest BCUT2D eigenvalue weighted by Gasteiger charge is 2.31. The van der Waals surface area contributed by atoms with Crippen molar-refractivity contribution >= 4 is 17.0 Å². The fraction of sp³-hybridized carbons (Fsp3) is 0.412. The number of aryl methyl sites for hydroxylation is 1. The molecule has 1 heterocycles. The van der Waals surface area contributed by atoms with E-state index in [2.05, 4.69) is 22.4 Å². The van der Waals surface area contributed by atoms with Crippen LogP contribution in [0.4, 0.5) is 10.1 Å². The van der Waals surface area contributed by atoms with Gasteiger partial charge >= 0.3 is 0 Å². The van der Waals surface area contributed by atoms with Gasteiger partial charge in [0.1, 0.15) is 5.82 Å². The van der Waals surface area contributed by atoms with Crippen molar-refractivity contribution in [2.24, 2.45) is 5.73 Å². The van der Waals surface area contributed by atoms with Crippen LogP contribution in [0.3, 0.4) is 0 Å². The van der Waals surface area contributed by atoms with Crippen molar-refractivity contribution in [3.8, 4) is 0 Å². The first-order chi connectivity index (χ1) is 10.1. The van der Waals surface area contributed by atoms with E-state index in [1.54, 1.807) is 17.4 Å². The van der Waals surface area contributed by atoms with Gasteiger partial charge < -0.3 is 10.6 Å². The van der Waals surface area contributed by atoms with Crippen LogP contribution in [0.25, 0.3) is 0 Å². The van der Waals surface area contributed by atoms with Gasteiger partial charge in [0.05, 0.1) is 6.54 Å². The molecular weight excluding hydrogens is 283 g/mol. The summed E-state index contributed by atoms with van der Waals surface area (Å²) in [6.07, 6.45) is 2.42. The van der Waals surface area contributed by atoms with E-state index in [1.807, 2.05) is 19.9 Å². The van der Waals surface area contributed by atoms with Gasteiger partial charge in [0.25, 0.3) is 0 Å².